The number of carbonyl (C=O) groups is 6. The topological polar surface area (TPSA) is 223 Å². The van der Waals surface area contributed by atoms with Crippen LogP contribution in [0.15, 0.2) is 54.9 Å². The normalized spacial score (nSPS) is 24.7. The molecule has 6 aliphatic heterocycles. The highest BCUT2D eigenvalue weighted by Gasteiger charge is 2.48. The number of amides is 6. The van der Waals surface area contributed by atoms with Crippen LogP contribution in [-0.2, 0) is 29.0 Å². The molecule has 1 unspecified atom stereocenters. The molecule has 384 valence electrons. The maximum Gasteiger partial charge on any atom is 0.270 e. The minimum absolute atomic E-state index is 0.00555. The lowest BCUT2D eigenvalue weighted by atomic mass is 9.83. The molecule has 6 amide bonds. The SMILES string of the molecule is C[C@H]1CN(C2CCN(c3ccc4c(c3)C(=O)N(C3CCC(=O)NC3=O)C4=O)CC2)CCN1c1ccc(Nc2cc(N3CCC[C@@H](N4CCn5c(cc6c5CC(C)(C)C6)C4=O)[C@@H]3C(C)(C)O)cnc2C(N)=O)nc1. The summed E-state index contributed by atoms with van der Waals surface area (Å²) in [6, 6.07) is 12.1. The number of pyridine rings is 2. The fraction of sp³-hybridized carbons (Fsp3) is 0.519. The fourth-order valence-electron chi connectivity index (χ4n) is 13.2. The average molecular weight is 995 g/mol. The Bertz CT molecular complexity index is 2920. The number of rotatable bonds is 10. The van der Waals surface area contributed by atoms with Crippen molar-refractivity contribution in [1.82, 2.24) is 34.6 Å². The van der Waals surface area contributed by atoms with E-state index in [1.807, 2.05) is 35.4 Å². The Morgan fingerprint density at radius 3 is 2.25 bits per heavy atom. The Balaban J connectivity index is 0.722. The molecule has 1 aliphatic carbocycles. The van der Waals surface area contributed by atoms with E-state index in [4.69, 9.17) is 10.7 Å². The summed E-state index contributed by atoms with van der Waals surface area (Å²) in [5, 5.41) is 17.5. The predicted molar refractivity (Wildman–Crippen MR) is 274 cm³/mol. The van der Waals surface area contributed by atoms with Crippen LogP contribution in [0.4, 0.5) is 28.6 Å². The van der Waals surface area contributed by atoms with Crippen molar-refractivity contribution >= 4 is 64.0 Å². The van der Waals surface area contributed by atoms with Crippen LogP contribution >= 0.6 is 0 Å². The summed E-state index contributed by atoms with van der Waals surface area (Å²) < 4.78 is 2.22. The molecule has 4 aromatic rings. The summed E-state index contributed by atoms with van der Waals surface area (Å²) in [7, 11) is 0. The van der Waals surface area contributed by atoms with Gasteiger partial charge in [-0.1, -0.05) is 13.8 Å². The molecule has 1 aromatic carbocycles. The predicted octanol–water partition coefficient (Wildman–Crippen LogP) is 4.09. The summed E-state index contributed by atoms with van der Waals surface area (Å²) in [6.45, 7) is 16.4. The number of hydrogen-bond acceptors (Lipinski definition) is 14. The first-order valence-corrected chi connectivity index (χ1v) is 26.0. The van der Waals surface area contributed by atoms with Crippen molar-refractivity contribution in [2.45, 2.75) is 128 Å². The average Bonchev–Trinajstić information content (AvgIpc) is 3.94. The lowest BCUT2D eigenvalue weighted by Crippen LogP contribution is -2.65. The molecule has 3 aromatic heterocycles. The number of nitrogens with zero attached hydrogens (tertiary/aromatic N) is 9. The van der Waals surface area contributed by atoms with E-state index in [2.05, 4.69) is 66.6 Å². The maximum absolute atomic E-state index is 14.3. The quantitative estimate of drug-likeness (QED) is 0.165. The van der Waals surface area contributed by atoms with Crippen molar-refractivity contribution < 1.29 is 33.9 Å². The zero-order valence-electron chi connectivity index (χ0n) is 42.4. The first kappa shape index (κ1) is 48.4. The van der Waals surface area contributed by atoms with Gasteiger partial charge in [0.1, 0.15) is 17.6 Å². The molecule has 4 fully saturated rings. The van der Waals surface area contributed by atoms with Gasteiger partial charge in [-0.25, -0.2) is 9.97 Å². The van der Waals surface area contributed by atoms with Gasteiger partial charge in [0.05, 0.1) is 58.3 Å². The van der Waals surface area contributed by atoms with Crippen LogP contribution in [0.3, 0.4) is 0 Å². The van der Waals surface area contributed by atoms with E-state index in [9.17, 15) is 33.9 Å². The number of nitrogens with two attached hydrogens (primary N) is 1. The molecule has 11 rings (SSSR count). The van der Waals surface area contributed by atoms with E-state index in [-0.39, 0.29) is 47.5 Å². The van der Waals surface area contributed by atoms with Gasteiger partial charge < -0.3 is 40.3 Å². The number of fused-ring (bicyclic) bond motifs is 4. The number of imide groups is 2. The Labute approximate surface area is 425 Å². The number of nitrogens with one attached hydrogen (secondary N) is 2. The van der Waals surface area contributed by atoms with Crippen LogP contribution in [0.2, 0.25) is 0 Å². The molecular formula is C54H66N12O7. The fourth-order valence-corrected chi connectivity index (χ4v) is 13.2. The number of anilines is 5. The molecule has 19 heteroatoms. The molecule has 9 heterocycles. The smallest absolute Gasteiger partial charge is 0.270 e. The third-order valence-corrected chi connectivity index (χ3v) is 16.6. The third-order valence-electron chi connectivity index (χ3n) is 16.6. The van der Waals surface area contributed by atoms with E-state index in [1.165, 1.54) is 11.3 Å². The summed E-state index contributed by atoms with van der Waals surface area (Å²) >= 11 is 0. The van der Waals surface area contributed by atoms with E-state index in [0.29, 0.717) is 41.9 Å². The largest absolute Gasteiger partial charge is 0.388 e. The van der Waals surface area contributed by atoms with Gasteiger partial charge in [-0.3, -0.25) is 43.9 Å². The van der Waals surface area contributed by atoms with Gasteiger partial charge in [-0.15, -0.1) is 0 Å². The molecule has 0 spiro atoms. The molecule has 19 nitrogen and oxygen atoms in total. The van der Waals surface area contributed by atoms with Crippen molar-refractivity contribution in [2.24, 2.45) is 11.1 Å². The van der Waals surface area contributed by atoms with Gasteiger partial charge in [0.25, 0.3) is 23.6 Å². The van der Waals surface area contributed by atoms with E-state index in [0.717, 1.165) is 99.8 Å². The number of aliphatic hydroxyl groups is 1. The maximum atomic E-state index is 14.3. The van der Waals surface area contributed by atoms with Crippen LogP contribution in [0, 0.1) is 5.41 Å². The molecule has 5 N–H and O–H groups in total. The first-order valence-electron chi connectivity index (χ1n) is 26.0. The van der Waals surface area contributed by atoms with Gasteiger partial charge in [-0.05, 0) is 119 Å². The zero-order chi connectivity index (χ0) is 51.2. The minimum atomic E-state index is -1.20. The molecule has 73 heavy (non-hydrogen) atoms. The van der Waals surface area contributed by atoms with E-state index in [1.54, 1.807) is 32.2 Å². The van der Waals surface area contributed by atoms with Crippen LogP contribution in [0.25, 0.3) is 0 Å². The minimum Gasteiger partial charge on any atom is -0.388 e. The summed E-state index contributed by atoms with van der Waals surface area (Å²) in [5.74, 6) is -2.19. The van der Waals surface area contributed by atoms with Gasteiger partial charge in [-0.2, -0.15) is 0 Å². The van der Waals surface area contributed by atoms with Crippen molar-refractivity contribution in [2.75, 3.05) is 65.8 Å². The van der Waals surface area contributed by atoms with Gasteiger partial charge >= 0.3 is 0 Å². The zero-order valence-corrected chi connectivity index (χ0v) is 42.4. The molecule has 7 aliphatic rings. The van der Waals surface area contributed by atoms with Crippen LogP contribution < -0.4 is 31.1 Å². The van der Waals surface area contributed by atoms with E-state index >= 15 is 0 Å². The summed E-state index contributed by atoms with van der Waals surface area (Å²) in [6.07, 6.45) is 9.01. The van der Waals surface area contributed by atoms with Gasteiger partial charge in [0.2, 0.25) is 11.8 Å². The Kier molecular flexibility index (Phi) is 12.1. The number of benzene rings is 1. The molecular weight excluding hydrogens is 929 g/mol. The lowest BCUT2D eigenvalue weighted by Gasteiger charge is -2.52. The van der Waals surface area contributed by atoms with Crippen molar-refractivity contribution in [3.63, 3.8) is 0 Å². The number of hydrogen-bond donors (Lipinski definition) is 4. The number of aromatic nitrogens is 3. The van der Waals surface area contributed by atoms with Crippen LogP contribution in [0.1, 0.15) is 126 Å². The third kappa shape index (κ3) is 8.76. The van der Waals surface area contributed by atoms with Crippen molar-refractivity contribution in [3.05, 3.63) is 88.6 Å². The summed E-state index contributed by atoms with van der Waals surface area (Å²) in [4.78, 5) is 99.8. The molecule has 0 saturated carbocycles. The molecule has 4 atom stereocenters. The van der Waals surface area contributed by atoms with Crippen LogP contribution in [-0.4, -0.2) is 151 Å². The highest BCUT2D eigenvalue weighted by molar-refractivity contribution is 6.23. The molecule has 4 saturated heterocycles. The molecule has 0 bridgehead atoms. The number of piperidine rings is 3. The van der Waals surface area contributed by atoms with Crippen molar-refractivity contribution in [1.29, 1.82) is 0 Å². The van der Waals surface area contributed by atoms with Crippen molar-refractivity contribution in [3.8, 4) is 0 Å². The monoisotopic (exact) mass is 995 g/mol. The van der Waals surface area contributed by atoms with Gasteiger partial charge in [0.15, 0.2) is 5.69 Å². The highest BCUT2D eigenvalue weighted by Crippen LogP contribution is 2.42. The Morgan fingerprint density at radius 2 is 1.53 bits per heavy atom. The second-order valence-electron chi connectivity index (χ2n) is 22.6. The first-order chi connectivity index (χ1) is 34.8. The molecule has 0 radical (unpaired) electrons. The van der Waals surface area contributed by atoms with Gasteiger partial charge in [0, 0.05) is 82.2 Å². The summed E-state index contributed by atoms with van der Waals surface area (Å²) in [5.41, 5.74) is 11.7. The second-order valence-corrected chi connectivity index (χ2v) is 22.6. The number of piperazine rings is 1. The van der Waals surface area contributed by atoms with E-state index < -0.39 is 47.2 Å². The standard InChI is InChI=1S/C54H66N12O7/c1-31-30-61(33-14-17-60(18-15-33)34-8-10-37-38(24-34)51(71)66(50(37)70)41-11-13-45(67)59-49(41)69)19-20-62(31)35-9-12-44(56-28-35)58-39-25-36(29-57-46(39)48(55)68)63-16-6-7-40(47(63)54(4,5)73)65-22-21-64-42(52(65)72)23-32-26-53(2,3)27-43(32)64/h8-10,12,23-25,28-29,31,33,40-41,47,73H,6-7,11,13-22,26-27,30H2,1-5H3,(H2,55,68)(H,56,58)(H,59,67,69)/t31-,40+,41?,47+/m0/s1. The Hall–Kier alpha value is -6.86. The lowest BCUT2D eigenvalue weighted by molar-refractivity contribution is -0.136. The highest BCUT2D eigenvalue weighted by atomic mass is 16.3. The van der Waals surface area contributed by atoms with Crippen LogP contribution in [0.5, 0.6) is 0 Å². The number of carbonyl (C=O) groups excluding carboxylic acids is 6. The Morgan fingerprint density at radius 1 is 0.795 bits per heavy atom. The number of primary amides is 1. The second kappa shape index (κ2) is 18.3.